The Labute approximate surface area is 147 Å². The molecule has 0 fully saturated rings. The van der Waals surface area contributed by atoms with Gasteiger partial charge in [0.25, 0.3) is 0 Å². The predicted molar refractivity (Wildman–Crippen MR) is 96.9 cm³/mol. The number of carbonyl (C=O) groups excluding carboxylic acids is 1. The van der Waals surface area contributed by atoms with Crippen molar-refractivity contribution in [1.29, 1.82) is 0 Å². The standard InChI is InChI=1S/C19H21ClN2O2/c1-12-4-7-14(8-5-12)21-18(23)22-16-11-19(2,3)24-17-9-6-13(20)10-15(16)17/h4-10,16H,11H2,1-3H3,(H2,21,22,23)/t16-/m1/s1. The molecule has 3 rings (SSSR count). The number of rotatable bonds is 2. The molecule has 0 aliphatic carbocycles. The molecule has 0 spiro atoms. The lowest BCUT2D eigenvalue weighted by molar-refractivity contribution is 0.0683. The van der Waals surface area contributed by atoms with Gasteiger partial charge in [-0.25, -0.2) is 4.79 Å². The van der Waals surface area contributed by atoms with Crippen LogP contribution >= 0.6 is 11.6 Å². The number of hydrogen-bond donors (Lipinski definition) is 2. The maximum absolute atomic E-state index is 12.4. The van der Waals surface area contributed by atoms with Gasteiger partial charge in [0.15, 0.2) is 0 Å². The van der Waals surface area contributed by atoms with Crippen LogP contribution < -0.4 is 15.4 Å². The first-order valence-electron chi connectivity index (χ1n) is 7.95. The Bertz CT molecular complexity index is 756. The minimum atomic E-state index is -0.358. The lowest BCUT2D eigenvalue weighted by Gasteiger charge is -2.38. The third-order valence-electron chi connectivity index (χ3n) is 4.04. The van der Waals surface area contributed by atoms with Crippen molar-refractivity contribution in [3.63, 3.8) is 0 Å². The largest absolute Gasteiger partial charge is 0.487 e. The molecule has 1 heterocycles. The summed E-state index contributed by atoms with van der Waals surface area (Å²) in [5.41, 5.74) is 2.45. The van der Waals surface area contributed by atoms with E-state index < -0.39 is 0 Å². The SMILES string of the molecule is Cc1ccc(NC(=O)N[C@@H]2CC(C)(C)Oc3ccc(Cl)cc32)cc1. The molecular formula is C19H21ClN2O2. The van der Waals surface area contributed by atoms with Crippen molar-refractivity contribution in [2.75, 3.05) is 5.32 Å². The van der Waals surface area contributed by atoms with Crippen LogP contribution in [0.1, 0.15) is 37.4 Å². The van der Waals surface area contributed by atoms with Crippen LogP contribution in [0.4, 0.5) is 10.5 Å². The highest BCUT2D eigenvalue weighted by Gasteiger charge is 2.34. The van der Waals surface area contributed by atoms with Gasteiger partial charge in [0, 0.05) is 22.7 Å². The van der Waals surface area contributed by atoms with E-state index in [0.717, 1.165) is 22.6 Å². The molecule has 5 heteroatoms. The Morgan fingerprint density at radius 2 is 1.92 bits per heavy atom. The van der Waals surface area contributed by atoms with E-state index in [1.807, 2.05) is 57.2 Å². The van der Waals surface area contributed by atoms with E-state index in [1.165, 1.54) is 0 Å². The van der Waals surface area contributed by atoms with Gasteiger partial charge in [-0.15, -0.1) is 0 Å². The van der Waals surface area contributed by atoms with Crippen molar-refractivity contribution in [3.05, 3.63) is 58.6 Å². The molecule has 2 amide bonds. The van der Waals surface area contributed by atoms with Gasteiger partial charge in [0.1, 0.15) is 11.4 Å². The van der Waals surface area contributed by atoms with Crippen LogP contribution in [-0.2, 0) is 0 Å². The predicted octanol–water partition coefficient (Wildman–Crippen LogP) is 5.07. The van der Waals surface area contributed by atoms with E-state index in [0.29, 0.717) is 11.4 Å². The van der Waals surface area contributed by atoms with Gasteiger partial charge in [-0.05, 0) is 51.1 Å². The molecule has 0 unspecified atom stereocenters. The van der Waals surface area contributed by atoms with Gasteiger partial charge in [0.2, 0.25) is 0 Å². The van der Waals surface area contributed by atoms with Crippen molar-refractivity contribution >= 4 is 23.3 Å². The average Bonchev–Trinajstić information content (AvgIpc) is 2.49. The number of amides is 2. The molecule has 2 N–H and O–H groups in total. The lowest BCUT2D eigenvalue weighted by atomic mass is 9.90. The second-order valence-corrected chi connectivity index (χ2v) is 7.20. The van der Waals surface area contributed by atoms with E-state index in [2.05, 4.69) is 10.6 Å². The zero-order valence-corrected chi connectivity index (χ0v) is 14.8. The lowest BCUT2D eigenvalue weighted by Crippen LogP contribution is -2.42. The Morgan fingerprint density at radius 1 is 1.21 bits per heavy atom. The molecule has 1 aliphatic rings. The molecule has 2 aromatic carbocycles. The van der Waals surface area contributed by atoms with Gasteiger partial charge in [0.05, 0.1) is 6.04 Å². The van der Waals surface area contributed by atoms with Gasteiger partial charge in [-0.1, -0.05) is 29.3 Å². The molecule has 2 aromatic rings. The number of anilines is 1. The van der Waals surface area contributed by atoms with Gasteiger partial charge in [-0.3, -0.25) is 0 Å². The number of hydrogen-bond acceptors (Lipinski definition) is 2. The first-order chi connectivity index (χ1) is 11.3. The monoisotopic (exact) mass is 344 g/mol. The second-order valence-electron chi connectivity index (χ2n) is 6.77. The van der Waals surface area contributed by atoms with Crippen LogP contribution in [-0.4, -0.2) is 11.6 Å². The van der Waals surface area contributed by atoms with Gasteiger partial charge < -0.3 is 15.4 Å². The molecule has 24 heavy (non-hydrogen) atoms. The third kappa shape index (κ3) is 3.82. The average molecular weight is 345 g/mol. The summed E-state index contributed by atoms with van der Waals surface area (Å²) in [7, 11) is 0. The highest BCUT2D eigenvalue weighted by atomic mass is 35.5. The van der Waals surface area contributed by atoms with Gasteiger partial charge in [-0.2, -0.15) is 0 Å². The maximum atomic E-state index is 12.4. The zero-order valence-electron chi connectivity index (χ0n) is 14.0. The van der Waals surface area contributed by atoms with Crippen LogP contribution in [0.2, 0.25) is 5.02 Å². The third-order valence-corrected chi connectivity index (χ3v) is 4.28. The van der Waals surface area contributed by atoms with E-state index >= 15 is 0 Å². The van der Waals surface area contributed by atoms with Crippen molar-refractivity contribution < 1.29 is 9.53 Å². The normalized spacial score (nSPS) is 18.2. The number of fused-ring (bicyclic) bond motifs is 1. The number of ether oxygens (including phenoxy) is 1. The summed E-state index contributed by atoms with van der Waals surface area (Å²) in [6, 6.07) is 12.8. The number of urea groups is 1. The van der Waals surface area contributed by atoms with Crippen LogP contribution in [0.5, 0.6) is 5.75 Å². The summed E-state index contributed by atoms with van der Waals surface area (Å²) in [5, 5.41) is 6.53. The number of carbonyl (C=O) groups is 1. The fraction of sp³-hybridized carbons (Fsp3) is 0.316. The number of halogens is 1. The molecule has 1 aliphatic heterocycles. The van der Waals surface area contributed by atoms with E-state index in [1.54, 1.807) is 6.07 Å². The molecule has 0 bridgehead atoms. The second kappa shape index (κ2) is 6.36. The molecular weight excluding hydrogens is 324 g/mol. The summed E-state index contributed by atoms with van der Waals surface area (Å²) in [4.78, 5) is 12.4. The molecule has 0 saturated heterocycles. The minimum Gasteiger partial charge on any atom is -0.487 e. The molecule has 4 nitrogen and oxygen atoms in total. The van der Waals surface area contributed by atoms with E-state index in [9.17, 15) is 4.79 Å². The summed E-state index contributed by atoms with van der Waals surface area (Å²) in [6.07, 6.45) is 0.668. The van der Waals surface area contributed by atoms with E-state index in [4.69, 9.17) is 16.3 Å². The quantitative estimate of drug-likeness (QED) is 0.798. The highest BCUT2D eigenvalue weighted by Crippen LogP contribution is 2.40. The highest BCUT2D eigenvalue weighted by molar-refractivity contribution is 6.30. The fourth-order valence-electron chi connectivity index (χ4n) is 2.92. The summed E-state index contributed by atoms with van der Waals surface area (Å²) in [6.45, 7) is 6.03. The molecule has 0 radical (unpaired) electrons. The van der Waals surface area contributed by atoms with Crippen molar-refractivity contribution in [2.24, 2.45) is 0 Å². The molecule has 1 atom stereocenters. The van der Waals surface area contributed by atoms with Crippen molar-refractivity contribution in [2.45, 2.75) is 38.8 Å². The Morgan fingerprint density at radius 3 is 2.62 bits per heavy atom. The van der Waals surface area contributed by atoms with Crippen molar-refractivity contribution in [3.8, 4) is 5.75 Å². The van der Waals surface area contributed by atoms with E-state index in [-0.39, 0.29) is 17.7 Å². The molecule has 126 valence electrons. The molecule has 0 aromatic heterocycles. The van der Waals surface area contributed by atoms with Crippen LogP contribution in [0.25, 0.3) is 0 Å². The topological polar surface area (TPSA) is 50.4 Å². The summed E-state index contributed by atoms with van der Waals surface area (Å²) in [5.74, 6) is 0.760. The smallest absolute Gasteiger partial charge is 0.319 e. The summed E-state index contributed by atoms with van der Waals surface area (Å²) < 4.78 is 5.99. The summed E-state index contributed by atoms with van der Waals surface area (Å²) >= 11 is 6.11. The maximum Gasteiger partial charge on any atom is 0.319 e. The number of benzene rings is 2. The molecule has 0 saturated carbocycles. The van der Waals surface area contributed by atoms with Gasteiger partial charge >= 0.3 is 6.03 Å². The Hall–Kier alpha value is -2.20. The Balaban J connectivity index is 1.77. The zero-order chi connectivity index (χ0) is 17.3. The first kappa shape index (κ1) is 16.7. The minimum absolute atomic E-state index is 0.159. The van der Waals surface area contributed by atoms with Crippen LogP contribution in [0.15, 0.2) is 42.5 Å². The van der Waals surface area contributed by atoms with Crippen LogP contribution in [0, 0.1) is 6.92 Å². The fourth-order valence-corrected chi connectivity index (χ4v) is 3.10. The number of nitrogens with one attached hydrogen (secondary N) is 2. The first-order valence-corrected chi connectivity index (χ1v) is 8.33. The van der Waals surface area contributed by atoms with Crippen molar-refractivity contribution in [1.82, 2.24) is 5.32 Å². The number of aryl methyl sites for hydroxylation is 1. The van der Waals surface area contributed by atoms with Crippen LogP contribution in [0.3, 0.4) is 0 Å². The Kier molecular flexibility index (Phi) is 4.41.